The number of nitrogens with one attached hydrogen (secondary N) is 1. The number of benzene rings is 2. The van der Waals surface area contributed by atoms with E-state index in [4.69, 9.17) is 9.73 Å². The molecule has 0 bridgehead atoms. The van der Waals surface area contributed by atoms with Crippen LogP contribution >= 0.6 is 0 Å². The van der Waals surface area contributed by atoms with Gasteiger partial charge < -0.3 is 15.0 Å². The molecule has 1 saturated heterocycles. The summed E-state index contributed by atoms with van der Waals surface area (Å²) >= 11 is 0. The Bertz CT molecular complexity index is 1030. The van der Waals surface area contributed by atoms with Gasteiger partial charge in [-0.25, -0.2) is 13.8 Å². The number of hydrogen-bond donors (Lipinski definition) is 1. The zero-order chi connectivity index (χ0) is 21.7. The topological polar surface area (TPSA) is 49.8 Å². The van der Waals surface area contributed by atoms with Gasteiger partial charge in [0.25, 0.3) is 0 Å². The normalized spacial score (nSPS) is 19.6. The Morgan fingerprint density at radius 2 is 1.74 bits per heavy atom. The zero-order valence-corrected chi connectivity index (χ0v) is 17.3. The van der Waals surface area contributed by atoms with E-state index in [9.17, 15) is 8.78 Å². The Hall–Kier alpha value is -3.32. The van der Waals surface area contributed by atoms with Gasteiger partial charge in [0.05, 0.1) is 26.3 Å². The molecule has 160 valence electrons. The number of aromatic nitrogens is 1. The van der Waals surface area contributed by atoms with E-state index < -0.39 is 17.2 Å². The number of halogens is 2. The first-order valence-electron chi connectivity index (χ1n) is 10.0. The lowest BCUT2D eigenvalue weighted by molar-refractivity contribution is 0.0661. The van der Waals surface area contributed by atoms with Gasteiger partial charge in [0.1, 0.15) is 17.2 Å². The number of guanidine groups is 1. The Labute approximate surface area is 180 Å². The molecule has 0 unspecified atom stereocenters. The summed E-state index contributed by atoms with van der Waals surface area (Å²) in [4.78, 5) is 10.8. The van der Waals surface area contributed by atoms with E-state index in [0.717, 1.165) is 23.2 Å². The summed E-state index contributed by atoms with van der Waals surface area (Å²) in [5.74, 6) is -0.456. The van der Waals surface area contributed by atoms with E-state index >= 15 is 0 Å². The molecule has 0 saturated carbocycles. The molecule has 5 nitrogen and oxygen atoms in total. The van der Waals surface area contributed by atoms with Crippen LogP contribution in [0.5, 0.6) is 0 Å². The van der Waals surface area contributed by atoms with E-state index in [0.29, 0.717) is 25.3 Å². The van der Waals surface area contributed by atoms with Gasteiger partial charge in [0.2, 0.25) is 0 Å². The number of hydrogen-bond acceptors (Lipinski definition) is 3. The molecule has 4 rings (SSSR count). The number of likely N-dealkylation sites (N-methyl/N-ethyl adjacent to an activating group) is 1. The molecule has 1 aliphatic rings. The van der Waals surface area contributed by atoms with Crippen molar-refractivity contribution in [2.45, 2.75) is 18.7 Å². The summed E-state index contributed by atoms with van der Waals surface area (Å²) in [5.41, 5.74) is 2.05. The lowest BCUT2D eigenvalue weighted by Gasteiger charge is -2.29. The number of ether oxygens (including phenoxy) is 1. The minimum atomic E-state index is -0.611. The molecule has 0 spiro atoms. The van der Waals surface area contributed by atoms with Crippen LogP contribution in [-0.2, 0) is 23.4 Å². The van der Waals surface area contributed by atoms with Crippen molar-refractivity contribution in [2.24, 2.45) is 4.99 Å². The standard InChI is InChI=1S/C24H24F2N4O/c1-30-16-24(20-5-3-2-4-6-20,17-31-15-19-11-21(25)13-22(26)12-19)29-23(30)28-14-18-7-9-27-10-8-18/h2-13H,14-17H2,1H3,(H,28,29)/t24-/m1/s1. The SMILES string of the molecule is CN1C[C@@](COCc2cc(F)cc(F)c2)(c2ccccc2)NC1=NCc1ccncc1. The van der Waals surface area contributed by atoms with Crippen molar-refractivity contribution in [2.75, 3.05) is 20.2 Å². The number of nitrogens with zero attached hydrogens (tertiary/aromatic N) is 3. The molecule has 3 aromatic rings. The fourth-order valence-corrected chi connectivity index (χ4v) is 3.77. The number of rotatable bonds is 7. The highest BCUT2D eigenvalue weighted by Gasteiger charge is 2.41. The molecule has 1 aliphatic heterocycles. The molecule has 1 atom stereocenters. The Balaban J connectivity index is 1.52. The zero-order valence-electron chi connectivity index (χ0n) is 17.3. The summed E-state index contributed by atoms with van der Waals surface area (Å²) in [7, 11) is 1.98. The molecule has 31 heavy (non-hydrogen) atoms. The minimum Gasteiger partial charge on any atom is -0.374 e. The molecule has 1 fully saturated rings. The quantitative estimate of drug-likeness (QED) is 0.628. The molecular weight excluding hydrogens is 398 g/mol. The van der Waals surface area contributed by atoms with E-state index in [2.05, 4.69) is 15.2 Å². The molecular formula is C24H24F2N4O. The molecule has 0 radical (unpaired) electrons. The number of aliphatic imine (C=N–C) groups is 1. The van der Waals surface area contributed by atoms with Crippen molar-refractivity contribution in [3.63, 3.8) is 0 Å². The maximum Gasteiger partial charge on any atom is 0.194 e. The molecule has 7 heteroatoms. The van der Waals surface area contributed by atoms with Gasteiger partial charge in [-0.05, 0) is 41.0 Å². The smallest absolute Gasteiger partial charge is 0.194 e. The molecule has 1 aromatic heterocycles. The van der Waals surface area contributed by atoms with Gasteiger partial charge in [0.15, 0.2) is 5.96 Å². The van der Waals surface area contributed by atoms with Crippen LogP contribution in [0.2, 0.25) is 0 Å². The average molecular weight is 422 g/mol. The third kappa shape index (κ3) is 5.06. The van der Waals surface area contributed by atoms with Gasteiger partial charge >= 0.3 is 0 Å². The second-order valence-electron chi connectivity index (χ2n) is 7.69. The van der Waals surface area contributed by atoms with Crippen LogP contribution in [0, 0.1) is 11.6 Å². The maximum atomic E-state index is 13.5. The number of pyridine rings is 1. The maximum absolute atomic E-state index is 13.5. The highest BCUT2D eigenvalue weighted by Crippen LogP contribution is 2.28. The van der Waals surface area contributed by atoms with Gasteiger partial charge in [-0.2, -0.15) is 0 Å². The second kappa shape index (κ2) is 9.22. The predicted octanol–water partition coefficient (Wildman–Crippen LogP) is 3.86. The first kappa shape index (κ1) is 20.9. The Kier molecular flexibility index (Phi) is 6.23. The first-order valence-corrected chi connectivity index (χ1v) is 10.0. The highest BCUT2D eigenvalue weighted by molar-refractivity contribution is 5.83. The van der Waals surface area contributed by atoms with E-state index in [-0.39, 0.29) is 6.61 Å². The minimum absolute atomic E-state index is 0.109. The molecule has 0 aliphatic carbocycles. The van der Waals surface area contributed by atoms with Gasteiger partial charge in [-0.15, -0.1) is 0 Å². The van der Waals surface area contributed by atoms with E-state index in [1.165, 1.54) is 12.1 Å². The van der Waals surface area contributed by atoms with Gasteiger partial charge in [-0.3, -0.25) is 4.98 Å². The first-order chi connectivity index (χ1) is 15.0. The Morgan fingerprint density at radius 3 is 2.45 bits per heavy atom. The molecule has 2 heterocycles. The van der Waals surface area contributed by atoms with Crippen LogP contribution in [0.1, 0.15) is 16.7 Å². The van der Waals surface area contributed by atoms with Crippen LogP contribution < -0.4 is 5.32 Å². The molecule has 0 amide bonds. The fourth-order valence-electron chi connectivity index (χ4n) is 3.77. The predicted molar refractivity (Wildman–Crippen MR) is 115 cm³/mol. The van der Waals surface area contributed by atoms with Crippen LogP contribution in [0.15, 0.2) is 78.0 Å². The lowest BCUT2D eigenvalue weighted by Crippen LogP contribution is -2.45. The lowest BCUT2D eigenvalue weighted by atomic mass is 9.91. The van der Waals surface area contributed by atoms with Crippen molar-refractivity contribution < 1.29 is 13.5 Å². The van der Waals surface area contributed by atoms with Crippen LogP contribution in [0.4, 0.5) is 8.78 Å². The van der Waals surface area contributed by atoms with Crippen LogP contribution in [-0.4, -0.2) is 36.0 Å². The van der Waals surface area contributed by atoms with E-state index in [1.807, 2.05) is 49.5 Å². The monoisotopic (exact) mass is 422 g/mol. The summed E-state index contributed by atoms with van der Waals surface area (Å²) in [6, 6.07) is 17.3. The summed E-state index contributed by atoms with van der Waals surface area (Å²) in [6.45, 7) is 1.60. The van der Waals surface area contributed by atoms with Gasteiger partial charge in [-0.1, -0.05) is 30.3 Å². The highest BCUT2D eigenvalue weighted by atomic mass is 19.1. The van der Waals surface area contributed by atoms with Gasteiger partial charge in [0, 0.05) is 25.5 Å². The third-order valence-corrected chi connectivity index (χ3v) is 5.25. The van der Waals surface area contributed by atoms with Crippen molar-refractivity contribution in [1.29, 1.82) is 0 Å². The van der Waals surface area contributed by atoms with Crippen molar-refractivity contribution >= 4 is 5.96 Å². The van der Waals surface area contributed by atoms with Crippen LogP contribution in [0.3, 0.4) is 0 Å². The van der Waals surface area contributed by atoms with Crippen molar-refractivity contribution in [3.05, 3.63) is 101 Å². The van der Waals surface area contributed by atoms with Crippen LogP contribution in [0.25, 0.3) is 0 Å². The fraction of sp³-hybridized carbons (Fsp3) is 0.250. The van der Waals surface area contributed by atoms with E-state index in [1.54, 1.807) is 12.4 Å². The summed E-state index contributed by atoms with van der Waals surface area (Å²) in [6.07, 6.45) is 3.50. The second-order valence-corrected chi connectivity index (χ2v) is 7.69. The molecule has 1 N–H and O–H groups in total. The molecule has 2 aromatic carbocycles. The summed E-state index contributed by atoms with van der Waals surface area (Å²) < 4.78 is 32.9. The van der Waals surface area contributed by atoms with Crippen molar-refractivity contribution in [3.8, 4) is 0 Å². The third-order valence-electron chi connectivity index (χ3n) is 5.25. The largest absolute Gasteiger partial charge is 0.374 e. The average Bonchev–Trinajstić information content (AvgIpc) is 3.09. The van der Waals surface area contributed by atoms with Crippen molar-refractivity contribution in [1.82, 2.24) is 15.2 Å². The summed E-state index contributed by atoms with van der Waals surface area (Å²) in [5, 5.41) is 3.54. The Morgan fingerprint density at radius 1 is 1.03 bits per heavy atom.